The molecule has 8 heteroatoms. The smallest absolute Gasteiger partial charge is 0.349 e. The maximum Gasteiger partial charge on any atom is 0.349 e. The van der Waals surface area contributed by atoms with E-state index >= 15 is 0 Å². The zero-order valence-corrected chi connectivity index (χ0v) is 16.0. The Morgan fingerprint density at radius 2 is 1.83 bits per heavy atom. The van der Waals surface area contributed by atoms with Crippen molar-refractivity contribution in [2.24, 2.45) is 0 Å². The van der Waals surface area contributed by atoms with E-state index in [1.165, 1.54) is 0 Å². The van der Waals surface area contributed by atoms with Crippen LogP contribution in [0.5, 0.6) is 0 Å². The average molecular weight is 376 g/mol. The highest BCUT2D eigenvalue weighted by atomic mass is 35.5. The standard InChI is InChI=1S/C16H22ClNO5S/c1-6-22-14(20)11-9(2)12(15(21)23-16(3,4)5)24-13(11)18-10(19)7-8-17/h6-8H2,1-5H3,(H,18,19). The summed E-state index contributed by atoms with van der Waals surface area (Å²) in [7, 11) is 0. The van der Waals surface area contributed by atoms with Crippen molar-refractivity contribution in [3.63, 3.8) is 0 Å². The van der Waals surface area contributed by atoms with Gasteiger partial charge in [-0.2, -0.15) is 0 Å². The first kappa shape index (κ1) is 20.4. The van der Waals surface area contributed by atoms with Crippen LogP contribution in [0, 0.1) is 6.92 Å². The molecule has 1 aromatic rings. The third-order valence-electron chi connectivity index (χ3n) is 2.79. The van der Waals surface area contributed by atoms with Gasteiger partial charge >= 0.3 is 11.9 Å². The SMILES string of the molecule is CCOC(=O)c1c(NC(=O)CCCl)sc(C(=O)OC(C)(C)C)c1C. The Balaban J connectivity index is 3.25. The number of rotatable bonds is 6. The van der Waals surface area contributed by atoms with Crippen molar-refractivity contribution in [3.05, 3.63) is 16.0 Å². The minimum Gasteiger partial charge on any atom is -0.462 e. The van der Waals surface area contributed by atoms with E-state index in [4.69, 9.17) is 21.1 Å². The number of esters is 2. The summed E-state index contributed by atoms with van der Waals surface area (Å²) in [4.78, 5) is 36.6. The predicted molar refractivity (Wildman–Crippen MR) is 94.1 cm³/mol. The summed E-state index contributed by atoms with van der Waals surface area (Å²) in [5.74, 6) is -1.33. The van der Waals surface area contributed by atoms with E-state index in [9.17, 15) is 14.4 Å². The van der Waals surface area contributed by atoms with E-state index < -0.39 is 17.5 Å². The van der Waals surface area contributed by atoms with Crippen molar-refractivity contribution in [1.82, 2.24) is 0 Å². The van der Waals surface area contributed by atoms with Gasteiger partial charge in [0.2, 0.25) is 5.91 Å². The zero-order chi connectivity index (χ0) is 18.5. The first-order valence-electron chi connectivity index (χ1n) is 7.50. The lowest BCUT2D eigenvalue weighted by Crippen LogP contribution is -2.23. The van der Waals surface area contributed by atoms with Gasteiger partial charge in [-0.1, -0.05) is 0 Å². The fourth-order valence-corrected chi connectivity index (χ4v) is 3.10. The number of nitrogens with one attached hydrogen (secondary N) is 1. The zero-order valence-electron chi connectivity index (χ0n) is 14.4. The fraction of sp³-hybridized carbons (Fsp3) is 0.562. The second-order valence-corrected chi connectivity index (χ2v) is 7.37. The summed E-state index contributed by atoms with van der Waals surface area (Å²) in [6, 6.07) is 0. The minimum absolute atomic E-state index is 0.0997. The number of hydrogen-bond acceptors (Lipinski definition) is 6. The lowest BCUT2D eigenvalue weighted by atomic mass is 10.1. The third kappa shape index (κ3) is 5.49. The topological polar surface area (TPSA) is 81.7 Å². The van der Waals surface area contributed by atoms with Gasteiger partial charge in [0.25, 0.3) is 0 Å². The van der Waals surface area contributed by atoms with Crippen LogP contribution in [0.2, 0.25) is 0 Å². The summed E-state index contributed by atoms with van der Waals surface area (Å²) in [5.41, 5.74) is -0.0703. The average Bonchev–Trinajstić information content (AvgIpc) is 2.74. The maximum atomic E-state index is 12.3. The van der Waals surface area contributed by atoms with E-state index in [0.29, 0.717) is 5.56 Å². The van der Waals surface area contributed by atoms with Gasteiger partial charge in [0, 0.05) is 12.3 Å². The van der Waals surface area contributed by atoms with Gasteiger partial charge in [0.05, 0.1) is 12.2 Å². The van der Waals surface area contributed by atoms with Gasteiger partial charge in [-0.05, 0) is 40.2 Å². The number of carbonyl (C=O) groups excluding carboxylic acids is 3. The van der Waals surface area contributed by atoms with E-state index in [-0.39, 0.29) is 40.3 Å². The van der Waals surface area contributed by atoms with Crippen LogP contribution in [0.4, 0.5) is 5.00 Å². The molecule has 0 aliphatic heterocycles. The molecule has 0 bridgehead atoms. The molecule has 0 saturated carbocycles. The van der Waals surface area contributed by atoms with Crippen molar-refractivity contribution < 1.29 is 23.9 Å². The molecule has 0 radical (unpaired) electrons. The van der Waals surface area contributed by atoms with Crippen LogP contribution in [0.3, 0.4) is 0 Å². The molecule has 0 saturated heterocycles. The molecule has 134 valence electrons. The second kappa shape index (κ2) is 8.48. The minimum atomic E-state index is -0.667. The maximum absolute atomic E-state index is 12.3. The van der Waals surface area contributed by atoms with Crippen LogP contribution in [-0.2, 0) is 14.3 Å². The highest BCUT2D eigenvalue weighted by molar-refractivity contribution is 7.18. The van der Waals surface area contributed by atoms with Gasteiger partial charge in [-0.25, -0.2) is 9.59 Å². The Bertz CT molecular complexity index is 633. The Kier molecular flexibility index (Phi) is 7.23. The molecule has 0 fully saturated rings. The van der Waals surface area contributed by atoms with Crippen molar-refractivity contribution in [2.75, 3.05) is 17.8 Å². The molecule has 0 unspecified atom stereocenters. The summed E-state index contributed by atoms with van der Waals surface area (Å²) < 4.78 is 10.4. The molecule has 1 amide bonds. The largest absolute Gasteiger partial charge is 0.462 e. The van der Waals surface area contributed by atoms with Crippen molar-refractivity contribution in [3.8, 4) is 0 Å². The first-order valence-corrected chi connectivity index (χ1v) is 8.85. The Morgan fingerprint density at radius 3 is 2.33 bits per heavy atom. The Morgan fingerprint density at radius 1 is 1.21 bits per heavy atom. The molecule has 1 rings (SSSR count). The van der Waals surface area contributed by atoms with E-state index in [1.54, 1.807) is 34.6 Å². The van der Waals surface area contributed by atoms with Crippen LogP contribution in [0.1, 0.15) is 59.7 Å². The van der Waals surface area contributed by atoms with Crippen molar-refractivity contribution in [2.45, 2.75) is 46.6 Å². The number of hydrogen-bond donors (Lipinski definition) is 1. The molecule has 6 nitrogen and oxygen atoms in total. The fourth-order valence-electron chi connectivity index (χ4n) is 1.84. The molecule has 0 atom stereocenters. The van der Waals surface area contributed by atoms with Gasteiger partial charge in [-0.15, -0.1) is 22.9 Å². The quantitative estimate of drug-likeness (QED) is 0.604. The number of anilines is 1. The summed E-state index contributed by atoms with van der Waals surface area (Å²) in [6.07, 6.45) is 0.0997. The molecule has 0 aliphatic rings. The van der Waals surface area contributed by atoms with Crippen LogP contribution >= 0.6 is 22.9 Å². The van der Waals surface area contributed by atoms with E-state index in [0.717, 1.165) is 11.3 Å². The van der Waals surface area contributed by atoms with Crippen LogP contribution in [0.15, 0.2) is 0 Å². The summed E-state index contributed by atoms with van der Waals surface area (Å²) >= 11 is 6.54. The molecule has 24 heavy (non-hydrogen) atoms. The Labute approximate surface area is 150 Å². The van der Waals surface area contributed by atoms with Crippen molar-refractivity contribution >= 4 is 45.8 Å². The lowest BCUT2D eigenvalue weighted by molar-refractivity contribution is -0.115. The van der Waals surface area contributed by atoms with Crippen LogP contribution in [-0.4, -0.2) is 35.9 Å². The monoisotopic (exact) mass is 375 g/mol. The van der Waals surface area contributed by atoms with E-state index in [1.807, 2.05) is 0 Å². The van der Waals surface area contributed by atoms with Crippen LogP contribution < -0.4 is 5.32 Å². The normalized spacial score (nSPS) is 11.1. The number of ether oxygens (including phenoxy) is 2. The second-order valence-electron chi connectivity index (χ2n) is 5.97. The van der Waals surface area contributed by atoms with Gasteiger partial charge in [0.1, 0.15) is 15.5 Å². The molecular formula is C16H22ClNO5S. The number of amides is 1. The molecule has 0 aromatic carbocycles. The van der Waals surface area contributed by atoms with E-state index in [2.05, 4.69) is 5.32 Å². The summed E-state index contributed by atoms with van der Waals surface area (Å²) in [6.45, 7) is 8.75. The third-order valence-corrected chi connectivity index (χ3v) is 4.16. The molecule has 1 N–H and O–H groups in total. The molecule has 0 aliphatic carbocycles. The summed E-state index contributed by atoms with van der Waals surface area (Å²) in [5, 5.41) is 2.88. The molecular weight excluding hydrogens is 354 g/mol. The number of halogens is 1. The predicted octanol–water partition coefficient (Wildman–Crippen LogP) is 3.76. The number of carbonyl (C=O) groups is 3. The van der Waals surface area contributed by atoms with Gasteiger partial charge < -0.3 is 14.8 Å². The van der Waals surface area contributed by atoms with Gasteiger partial charge in [0.15, 0.2) is 0 Å². The van der Waals surface area contributed by atoms with Gasteiger partial charge in [-0.3, -0.25) is 4.79 Å². The molecule has 1 heterocycles. The molecule has 0 spiro atoms. The number of alkyl halides is 1. The molecule has 1 aromatic heterocycles. The van der Waals surface area contributed by atoms with Crippen LogP contribution in [0.25, 0.3) is 0 Å². The number of thiophene rings is 1. The van der Waals surface area contributed by atoms with Crippen molar-refractivity contribution in [1.29, 1.82) is 0 Å². The lowest BCUT2D eigenvalue weighted by Gasteiger charge is -2.19. The highest BCUT2D eigenvalue weighted by Gasteiger charge is 2.29. The first-order chi connectivity index (χ1) is 11.1. The Hall–Kier alpha value is -1.60. The highest BCUT2D eigenvalue weighted by Crippen LogP contribution is 2.35.